The minimum Gasteiger partial charge on any atom is -0.331 e. The number of carbonyl (C=O) groups excluding carboxylic acids is 2. The minimum atomic E-state index is -0.384. The van der Waals surface area contributed by atoms with Crippen LogP contribution in [0, 0.1) is 0 Å². The highest BCUT2D eigenvalue weighted by Gasteiger charge is 2.32. The van der Waals surface area contributed by atoms with Crippen LogP contribution in [0.2, 0.25) is 0 Å². The van der Waals surface area contributed by atoms with Gasteiger partial charge in [0.05, 0.1) is 18.1 Å². The molecule has 0 bridgehead atoms. The average molecular weight is 290 g/mol. The number of nitrogens with one attached hydrogen (secondary N) is 1. The molecule has 6 heteroatoms. The van der Waals surface area contributed by atoms with E-state index in [4.69, 9.17) is 0 Å². The third kappa shape index (κ3) is 3.56. The first-order valence-electron chi connectivity index (χ1n) is 7.19. The zero-order valence-electron chi connectivity index (χ0n) is 13.0. The van der Waals surface area contributed by atoms with Crippen molar-refractivity contribution in [1.82, 2.24) is 14.9 Å². The number of carbonyl (C=O) groups is 2. The predicted octanol–water partition coefficient (Wildman–Crippen LogP) is 1.72. The van der Waals surface area contributed by atoms with Crippen molar-refractivity contribution in [3.8, 4) is 0 Å². The molecular weight excluding hydrogens is 268 g/mol. The van der Waals surface area contributed by atoms with E-state index in [0.717, 1.165) is 12.2 Å². The van der Waals surface area contributed by atoms with Gasteiger partial charge in [-0.15, -0.1) is 0 Å². The third-order valence-corrected chi connectivity index (χ3v) is 3.55. The van der Waals surface area contributed by atoms with E-state index in [-0.39, 0.29) is 23.3 Å². The highest BCUT2D eigenvalue weighted by atomic mass is 16.2. The molecule has 1 aliphatic rings. The second-order valence-corrected chi connectivity index (χ2v) is 6.41. The summed E-state index contributed by atoms with van der Waals surface area (Å²) < 4.78 is 0. The van der Waals surface area contributed by atoms with Crippen molar-refractivity contribution in [2.45, 2.75) is 52.0 Å². The number of aromatic nitrogens is 2. The molecule has 0 radical (unpaired) electrons. The summed E-state index contributed by atoms with van der Waals surface area (Å²) in [5.74, 6) is 0.494. The minimum absolute atomic E-state index is 0.0630. The number of likely N-dealkylation sites (tertiary alicyclic amines) is 1. The van der Waals surface area contributed by atoms with Crippen LogP contribution in [0.5, 0.6) is 0 Å². The van der Waals surface area contributed by atoms with Crippen LogP contribution in [0.25, 0.3) is 0 Å². The standard InChI is InChI=1S/C15H22N4O2/c1-10(20)19-7-5-6-12(19)13(21)18-11-8-16-14(17-9-11)15(2,3)4/h8-9,12H,5-7H2,1-4H3,(H,18,21)/t12-/m0/s1. The Hall–Kier alpha value is -1.98. The lowest BCUT2D eigenvalue weighted by molar-refractivity contribution is -0.134. The van der Waals surface area contributed by atoms with Crippen molar-refractivity contribution >= 4 is 17.5 Å². The number of nitrogens with zero attached hydrogens (tertiary/aromatic N) is 3. The van der Waals surface area contributed by atoms with Crippen LogP contribution >= 0.6 is 0 Å². The van der Waals surface area contributed by atoms with Gasteiger partial charge in [-0.2, -0.15) is 0 Å². The number of hydrogen-bond acceptors (Lipinski definition) is 4. The fraction of sp³-hybridized carbons (Fsp3) is 0.600. The zero-order chi connectivity index (χ0) is 15.6. The summed E-state index contributed by atoms with van der Waals surface area (Å²) in [6, 6.07) is -0.384. The van der Waals surface area contributed by atoms with Crippen LogP contribution in [-0.4, -0.2) is 39.3 Å². The molecule has 1 aromatic rings. The molecule has 0 saturated carbocycles. The SMILES string of the molecule is CC(=O)N1CCC[C@H]1C(=O)Nc1cnc(C(C)(C)C)nc1. The van der Waals surface area contributed by atoms with Gasteiger partial charge in [0.2, 0.25) is 11.8 Å². The normalized spacial score (nSPS) is 18.7. The Morgan fingerprint density at radius 2 is 1.90 bits per heavy atom. The molecule has 1 aromatic heterocycles. The van der Waals surface area contributed by atoms with Gasteiger partial charge in [-0.05, 0) is 12.8 Å². The first kappa shape index (κ1) is 15.4. The second kappa shape index (κ2) is 5.79. The van der Waals surface area contributed by atoms with Gasteiger partial charge in [0.15, 0.2) is 0 Å². The third-order valence-electron chi connectivity index (χ3n) is 3.55. The maximum Gasteiger partial charge on any atom is 0.247 e. The monoisotopic (exact) mass is 290 g/mol. The summed E-state index contributed by atoms with van der Waals surface area (Å²) in [6.45, 7) is 8.23. The summed E-state index contributed by atoms with van der Waals surface area (Å²) >= 11 is 0. The highest BCUT2D eigenvalue weighted by Crippen LogP contribution is 2.20. The molecule has 1 saturated heterocycles. The lowest BCUT2D eigenvalue weighted by Crippen LogP contribution is -2.42. The predicted molar refractivity (Wildman–Crippen MR) is 79.8 cm³/mol. The van der Waals surface area contributed by atoms with Gasteiger partial charge < -0.3 is 10.2 Å². The topological polar surface area (TPSA) is 75.2 Å². The number of rotatable bonds is 2. The van der Waals surface area contributed by atoms with Gasteiger partial charge in [0.25, 0.3) is 0 Å². The summed E-state index contributed by atoms with van der Waals surface area (Å²) in [7, 11) is 0. The van der Waals surface area contributed by atoms with Gasteiger partial charge in [0.1, 0.15) is 11.9 Å². The molecule has 0 aliphatic carbocycles. The maximum atomic E-state index is 12.3. The van der Waals surface area contributed by atoms with E-state index < -0.39 is 0 Å². The quantitative estimate of drug-likeness (QED) is 0.900. The van der Waals surface area contributed by atoms with Gasteiger partial charge >= 0.3 is 0 Å². The summed E-state index contributed by atoms with van der Waals surface area (Å²) in [4.78, 5) is 33.9. The molecule has 0 unspecified atom stereocenters. The van der Waals surface area contributed by atoms with Crippen LogP contribution in [0.1, 0.15) is 46.4 Å². The van der Waals surface area contributed by atoms with Gasteiger partial charge in [-0.25, -0.2) is 9.97 Å². The average Bonchev–Trinajstić information content (AvgIpc) is 2.87. The molecule has 0 spiro atoms. The van der Waals surface area contributed by atoms with E-state index in [9.17, 15) is 9.59 Å². The lowest BCUT2D eigenvalue weighted by atomic mass is 9.96. The van der Waals surface area contributed by atoms with Crippen molar-refractivity contribution in [1.29, 1.82) is 0 Å². The molecule has 2 rings (SSSR count). The summed E-state index contributed by atoms with van der Waals surface area (Å²) in [5.41, 5.74) is 0.433. The smallest absolute Gasteiger partial charge is 0.247 e. The van der Waals surface area contributed by atoms with Crippen LogP contribution in [0.4, 0.5) is 5.69 Å². The van der Waals surface area contributed by atoms with Crippen LogP contribution in [-0.2, 0) is 15.0 Å². The Kier molecular flexibility index (Phi) is 4.25. The highest BCUT2D eigenvalue weighted by molar-refractivity contribution is 5.97. The van der Waals surface area contributed by atoms with E-state index in [1.165, 1.54) is 6.92 Å². The van der Waals surface area contributed by atoms with E-state index in [0.29, 0.717) is 18.7 Å². The van der Waals surface area contributed by atoms with Crippen molar-refractivity contribution < 1.29 is 9.59 Å². The Labute approximate surface area is 125 Å². The fourth-order valence-electron chi connectivity index (χ4n) is 2.42. The molecule has 2 heterocycles. The zero-order valence-corrected chi connectivity index (χ0v) is 13.0. The Balaban J connectivity index is 2.04. The van der Waals surface area contributed by atoms with Crippen molar-refractivity contribution in [3.05, 3.63) is 18.2 Å². The van der Waals surface area contributed by atoms with Gasteiger partial charge in [-0.3, -0.25) is 9.59 Å². The molecule has 1 atom stereocenters. The second-order valence-electron chi connectivity index (χ2n) is 6.41. The lowest BCUT2D eigenvalue weighted by Gasteiger charge is -2.22. The molecule has 2 amide bonds. The Bertz CT molecular complexity index is 534. The van der Waals surface area contributed by atoms with Crippen molar-refractivity contribution in [2.75, 3.05) is 11.9 Å². The fourth-order valence-corrected chi connectivity index (χ4v) is 2.42. The van der Waals surface area contributed by atoms with Gasteiger partial charge in [0, 0.05) is 18.9 Å². The molecule has 0 aromatic carbocycles. The summed E-state index contributed by atoms with van der Waals surface area (Å²) in [5, 5.41) is 2.79. The van der Waals surface area contributed by atoms with E-state index in [1.807, 2.05) is 20.8 Å². The first-order valence-corrected chi connectivity index (χ1v) is 7.19. The van der Waals surface area contributed by atoms with Crippen LogP contribution in [0.3, 0.4) is 0 Å². The van der Waals surface area contributed by atoms with E-state index in [1.54, 1.807) is 17.3 Å². The maximum absolute atomic E-state index is 12.3. The summed E-state index contributed by atoms with van der Waals surface area (Å²) in [6.07, 6.45) is 4.78. The Morgan fingerprint density at radius 1 is 1.29 bits per heavy atom. The number of hydrogen-bond donors (Lipinski definition) is 1. The van der Waals surface area contributed by atoms with E-state index >= 15 is 0 Å². The number of amides is 2. The van der Waals surface area contributed by atoms with E-state index in [2.05, 4.69) is 15.3 Å². The largest absolute Gasteiger partial charge is 0.331 e. The first-order chi connectivity index (χ1) is 9.79. The molecule has 114 valence electrons. The van der Waals surface area contributed by atoms with Crippen molar-refractivity contribution in [3.63, 3.8) is 0 Å². The Morgan fingerprint density at radius 3 is 2.43 bits per heavy atom. The van der Waals surface area contributed by atoms with Crippen LogP contribution in [0.15, 0.2) is 12.4 Å². The van der Waals surface area contributed by atoms with Crippen molar-refractivity contribution in [2.24, 2.45) is 0 Å². The number of anilines is 1. The van der Waals surface area contributed by atoms with Crippen LogP contribution < -0.4 is 5.32 Å². The molecular formula is C15H22N4O2. The molecule has 21 heavy (non-hydrogen) atoms. The molecule has 1 N–H and O–H groups in total. The molecule has 1 fully saturated rings. The van der Waals surface area contributed by atoms with Gasteiger partial charge in [-0.1, -0.05) is 20.8 Å². The molecule has 6 nitrogen and oxygen atoms in total. The molecule has 1 aliphatic heterocycles.